The number of imidazole rings is 1. The Morgan fingerprint density at radius 2 is 2.05 bits per heavy atom. The molecule has 0 aliphatic heterocycles. The Labute approximate surface area is 119 Å². The highest BCUT2D eigenvalue weighted by molar-refractivity contribution is 5.83. The summed E-state index contributed by atoms with van der Waals surface area (Å²) in [5, 5.41) is 11.0. The van der Waals surface area contributed by atoms with Crippen molar-refractivity contribution in [2.45, 2.75) is 0 Å². The Morgan fingerprint density at radius 1 is 1.24 bits per heavy atom. The van der Waals surface area contributed by atoms with E-state index in [4.69, 9.17) is 15.6 Å². The van der Waals surface area contributed by atoms with Gasteiger partial charge in [-0.1, -0.05) is 6.07 Å². The van der Waals surface area contributed by atoms with E-state index in [2.05, 4.69) is 15.3 Å². The third kappa shape index (κ3) is 2.86. The molecule has 0 radical (unpaired) electrons. The number of nitrogens with zero attached hydrogens (tertiary/aromatic N) is 1. The number of nitrogen functional groups attached to an aromatic ring is 1. The third-order valence-electron chi connectivity index (χ3n) is 2.79. The van der Waals surface area contributed by atoms with Crippen molar-refractivity contribution >= 4 is 28.8 Å². The molecule has 2 aromatic carbocycles. The molecule has 5 N–H and O–H groups in total. The number of anilines is 2. The number of H-pyrrole nitrogens is 1. The highest BCUT2D eigenvalue weighted by atomic mass is 16.5. The summed E-state index contributed by atoms with van der Waals surface area (Å²) >= 11 is 0. The van der Waals surface area contributed by atoms with Crippen molar-refractivity contribution < 1.29 is 14.6 Å². The summed E-state index contributed by atoms with van der Waals surface area (Å²) in [7, 11) is 0. The molecule has 0 saturated heterocycles. The van der Waals surface area contributed by atoms with E-state index in [1.54, 1.807) is 42.5 Å². The molecular formula is C14H12N4O3. The minimum Gasteiger partial charge on any atom is -0.465 e. The largest absolute Gasteiger partial charge is 0.465 e. The van der Waals surface area contributed by atoms with Gasteiger partial charge >= 0.3 is 6.09 Å². The van der Waals surface area contributed by atoms with Crippen LogP contribution in [0.15, 0.2) is 42.5 Å². The lowest BCUT2D eigenvalue weighted by Gasteiger charge is -2.07. The molecule has 21 heavy (non-hydrogen) atoms. The summed E-state index contributed by atoms with van der Waals surface area (Å²) in [4.78, 5) is 17.6. The number of nitrogens with two attached hydrogens (primary N) is 1. The summed E-state index contributed by atoms with van der Waals surface area (Å²) in [6, 6.07) is 12.0. The Bertz CT molecular complexity index is 813. The molecule has 106 valence electrons. The van der Waals surface area contributed by atoms with Crippen LogP contribution < -0.4 is 15.8 Å². The van der Waals surface area contributed by atoms with Crippen molar-refractivity contribution in [2.75, 3.05) is 11.1 Å². The predicted octanol–water partition coefficient (Wildman–Crippen LogP) is 3.03. The summed E-state index contributed by atoms with van der Waals surface area (Å²) in [5.41, 5.74) is 7.54. The molecule has 0 atom stereocenters. The predicted molar refractivity (Wildman–Crippen MR) is 78.7 cm³/mol. The van der Waals surface area contributed by atoms with E-state index in [1.165, 1.54) is 0 Å². The first-order chi connectivity index (χ1) is 10.1. The van der Waals surface area contributed by atoms with Gasteiger partial charge in [-0.2, -0.15) is 0 Å². The zero-order valence-electron chi connectivity index (χ0n) is 10.8. The van der Waals surface area contributed by atoms with Crippen molar-refractivity contribution in [1.82, 2.24) is 9.97 Å². The van der Waals surface area contributed by atoms with Gasteiger partial charge in [0, 0.05) is 17.8 Å². The summed E-state index contributed by atoms with van der Waals surface area (Å²) < 4.78 is 5.70. The molecule has 1 aromatic heterocycles. The average Bonchev–Trinajstić information content (AvgIpc) is 2.77. The monoisotopic (exact) mass is 284 g/mol. The minimum absolute atomic E-state index is 0.342. The van der Waals surface area contributed by atoms with E-state index in [9.17, 15) is 4.79 Å². The van der Waals surface area contributed by atoms with Crippen molar-refractivity contribution in [3.8, 4) is 11.5 Å². The SMILES string of the molecule is Nc1nc2ccc(Oc3cccc(NC(=O)O)c3)cc2[nH]1. The van der Waals surface area contributed by atoms with E-state index < -0.39 is 6.09 Å². The first-order valence-electron chi connectivity index (χ1n) is 6.13. The van der Waals surface area contributed by atoms with Crippen LogP contribution in [0.5, 0.6) is 11.5 Å². The van der Waals surface area contributed by atoms with Crippen LogP contribution in [0.4, 0.5) is 16.4 Å². The summed E-state index contributed by atoms with van der Waals surface area (Å²) in [5.74, 6) is 1.46. The molecule has 7 heteroatoms. The van der Waals surface area contributed by atoms with Gasteiger partial charge in [0.25, 0.3) is 0 Å². The molecule has 0 fully saturated rings. The van der Waals surface area contributed by atoms with Crippen LogP contribution in [0.25, 0.3) is 11.0 Å². The number of nitrogens with one attached hydrogen (secondary N) is 2. The molecule has 0 saturated carbocycles. The lowest BCUT2D eigenvalue weighted by molar-refractivity contribution is 0.210. The van der Waals surface area contributed by atoms with E-state index in [1.807, 2.05) is 0 Å². The fourth-order valence-corrected chi connectivity index (χ4v) is 1.97. The molecule has 0 bridgehead atoms. The normalized spacial score (nSPS) is 10.5. The number of benzene rings is 2. The number of hydrogen-bond donors (Lipinski definition) is 4. The first-order valence-corrected chi connectivity index (χ1v) is 6.13. The topological polar surface area (TPSA) is 113 Å². The van der Waals surface area contributed by atoms with Crippen LogP contribution in [-0.4, -0.2) is 21.2 Å². The van der Waals surface area contributed by atoms with Crippen LogP contribution in [0, 0.1) is 0 Å². The summed E-state index contributed by atoms with van der Waals surface area (Å²) in [6.45, 7) is 0. The number of ether oxygens (including phenoxy) is 1. The number of carbonyl (C=O) groups is 1. The lowest BCUT2D eigenvalue weighted by Crippen LogP contribution is -2.06. The molecule has 0 aliphatic rings. The summed E-state index contributed by atoms with van der Waals surface area (Å²) in [6.07, 6.45) is -1.12. The standard InChI is InChI=1S/C14H12N4O3/c15-13-17-11-5-4-10(7-12(11)18-13)21-9-3-1-2-8(6-9)16-14(19)20/h1-7,16H,(H,19,20)(H3,15,17,18). The van der Waals surface area contributed by atoms with E-state index in [0.717, 1.165) is 11.0 Å². The van der Waals surface area contributed by atoms with Gasteiger partial charge in [-0.3, -0.25) is 5.32 Å². The second kappa shape index (κ2) is 5.04. The molecule has 1 heterocycles. The van der Waals surface area contributed by atoms with Gasteiger partial charge in [0.2, 0.25) is 0 Å². The maximum Gasteiger partial charge on any atom is 0.409 e. The fraction of sp³-hybridized carbons (Fsp3) is 0. The number of aromatic amines is 1. The lowest BCUT2D eigenvalue weighted by atomic mass is 10.3. The van der Waals surface area contributed by atoms with Gasteiger partial charge in [0.15, 0.2) is 5.95 Å². The molecule has 0 aliphatic carbocycles. The van der Waals surface area contributed by atoms with Crippen molar-refractivity contribution in [3.63, 3.8) is 0 Å². The molecular weight excluding hydrogens is 272 g/mol. The van der Waals surface area contributed by atoms with Crippen LogP contribution >= 0.6 is 0 Å². The van der Waals surface area contributed by atoms with Crippen LogP contribution in [0.2, 0.25) is 0 Å². The van der Waals surface area contributed by atoms with Crippen molar-refractivity contribution in [3.05, 3.63) is 42.5 Å². The van der Waals surface area contributed by atoms with Gasteiger partial charge in [-0.05, 0) is 24.3 Å². The number of rotatable bonds is 3. The van der Waals surface area contributed by atoms with Crippen molar-refractivity contribution in [2.24, 2.45) is 0 Å². The van der Waals surface area contributed by atoms with Gasteiger partial charge in [-0.15, -0.1) is 0 Å². The molecule has 3 rings (SSSR count). The second-order valence-electron chi connectivity index (χ2n) is 4.36. The third-order valence-corrected chi connectivity index (χ3v) is 2.79. The second-order valence-corrected chi connectivity index (χ2v) is 4.36. The highest BCUT2D eigenvalue weighted by Gasteiger charge is 2.04. The Morgan fingerprint density at radius 3 is 2.86 bits per heavy atom. The number of carboxylic acid groups (broad SMARTS) is 1. The van der Waals surface area contributed by atoms with Gasteiger partial charge in [-0.25, -0.2) is 9.78 Å². The maximum atomic E-state index is 10.6. The maximum absolute atomic E-state index is 10.6. The zero-order valence-corrected chi connectivity index (χ0v) is 10.8. The smallest absolute Gasteiger partial charge is 0.409 e. The van der Waals surface area contributed by atoms with Crippen LogP contribution in [0.3, 0.4) is 0 Å². The number of hydrogen-bond acceptors (Lipinski definition) is 4. The molecule has 3 aromatic rings. The van der Waals surface area contributed by atoms with Gasteiger partial charge in [0.1, 0.15) is 11.5 Å². The molecule has 0 unspecified atom stereocenters. The quantitative estimate of drug-likeness (QED) is 0.590. The molecule has 0 spiro atoms. The Balaban J connectivity index is 1.85. The highest BCUT2D eigenvalue weighted by Crippen LogP contribution is 2.26. The average molecular weight is 284 g/mol. The van der Waals surface area contributed by atoms with Crippen molar-refractivity contribution in [1.29, 1.82) is 0 Å². The van der Waals surface area contributed by atoms with Crippen LogP contribution in [-0.2, 0) is 0 Å². The zero-order chi connectivity index (χ0) is 14.8. The van der Waals surface area contributed by atoms with E-state index in [0.29, 0.717) is 23.1 Å². The van der Waals surface area contributed by atoms with E-state index in [-0.39, 0.29) is 0 Å². The van der Waals surface area contributed by atoms with Crippen LogP contribution in [0.1, 0.15) is 0 Å². The van der Waals surface area contributed by atoms with E-state index >= 15 is 0 Å². The number of amides is 1. The fourth-order valence-electron chi connectivity index (χ4n) is 1.97. The van der Waals surface area contributed by atoms with Gasteiger partial charge < -0.3 is 20.6 Å². The van der Waals surface area contributed by atoms with Gasteiger partial charge in [0.05, 0.1) is 11.0 Å². The Kier molecular flexibility index (Phi) is 3.07. The first kappa shape index (κ1) is 12.8. The number of aromatic nitrogens is 2. The minimum atomic E-state index is -1.12. The Hall–Kier alpha value is -3.22. The molecule has 7 nitrogen and oxygen atoms in total. The number of fused-ring (bicyclic) bond motifs is 1. The molecule has 1 amide bonds.